The van der Waals surface area contributed by atoms with Gasteiger partial charge in [0.2, 0.25) is 0 Å². The molecule has 2 aliphatic rings. The molecule has 2 aliphatic heterocycles. The SMILES string of the molecule is Cc1cc2ncc3c(n2n1)C[C@@H]1CC[C@H]3N1C(=O)c1cccnc1C. The van der Waals surface area contributed by atoms with Crippen LogP contribution in [0.2, 0.25) is 0 Å². The summed E-state index contributed by atoms with van der Waals surface area (Å²) in [4.78, 5) is 24.1. The van der Waals surface area contributed by atoms with E-state index in [1.54, 1.807) is 6.20 Å². The van der Waals surface area contributed by atoms with Gasteiger partial charge in [0.25, 0.3) is 5.91 Å². The van der Waals surface area contributed by atoms with E-state index < -0.39 is 0 Å². The smallest absolute Gasteiger partial charge is 0.256 e. The third-order valence-corrected chi connectivity index (χ3v) is 5.50. The Morgan fingerprint density at radius 2 is 2.12 bits per heavy atom. The minimum atomic E-state index is 0.0838. The monoisotopic (exact) mass is 333 g/mol. The van der Waals surface area contributed by atoms with Crippen molar-refractivity contribution >= 4 is 11.6 Å². The van der Waals surface area contributed by atoms with Crippen LogP contribution >= 0.6 is 0 Å². The maximum atomic E-state index is 13.2. The Morgan fingerprint density at radius 3 is 2.96 bits per heavy atom. The summed E-state index contributed by atoms with van der Waals surface area (Å²) in [6.07, 6.45) is 6.50. The lowest BCUT2D eigenvalue weighted by Crippen LogP contribution is -2.43. The highest BCUT2D eigenvalue weighted by Gasteiger charge is 2.44. The molecule has 0 aliphatic carbocycles. The zero-order valence-corrected chi connectivity index (χ0v) is 14.3. The lowest BCUT2D eigenvalue weighted by atomic mass is 9.98. The highest BCUT2D eigenvalue weighted by molar-refractivity contribution is 5.96. The second-order valence-electron chi connectivity index (χ2n) is 7.02. The van der Waals surface area contributed by atoms with Crippen LogP contribution < -0.4 is 0 Å². The Labute approximate surface area is 145 Å². The lowest BCUT2D eigenvalue weighted by Gasteiger charge is -2.36. The number of pyridine rings is 1. The first-order chi connectivity index (χ1) is 12.1. The Hall–Kier alpha value is -2.76. The van der Waals surface area contributed by atoms with E-state index in [1.807, 2.05) is 42.8 Å². The molecule has 3 aromatic rings. The van der Waals surface area contributed by atoms with E-state index in [2.05, 4.69) is 20.0 Å². The van der Waals surface area contributed by atoms with E-state index in [1.165, 1.54) is 5.69 Å². The van der Waals surface area contributed by atoms with Crippen molar-refractivity contribution in [3.05, 3.63) is 58.8 Å². The molecular formula is C19H19N5O. The molecule has 2 atom stereocenters. The predicted octanol–water partition coefficient (Wildman–Crippen LogP) is 2.64. The molecular weight excluding hydrogens is 314 g/mol. The van der Waals surface area contributed by atoms with E-state index in [0.29, 0.717) is 5.56 Å². The van der Waals surface area contributed by atoms with Gasteiger partial charge in [0.15, 0.2) is 5.65 Å². The third-order valence-electron chi connectivity index (χ3n) is 5.50. The number of aromatic nitrogens is 4. The molecule has 0 saturated carbocycles. The van der Waals surface area contributed by atoms with E-state index in [0.717, 1.165) is 41.9 Å². The second-order valence-corrected chi connectivity index (χ2v) is 7.02. The summed E-state index contributed by atoms with van der Waals surface area (Å²) in [5.41, 5.74) is 5.69. The van der Waals surface area contributed by atoms with Crippen molar-refractivity contribution in [3.8, 4) is 0 Å². The number of fused-ring (bicyclic) bond motifs is 6. The quantitative estimate of drug-likeness (QED) is 0.687. The summed E-state index contributed by atoms with van der Waals surface area (Å²) >= 11 is 0. The lowest BCUT2D eigenvalue weighted by molar-refractivity contribution is 0.0641. The second kappa shape index (κ2) is 5.12. The summed E-state index contributed by atoms with van der Waals surface area (Å²) in [6, 6.07) is 6.01. The van der Waals surface area contributed by atoms with Crippen molar-refractivity contribution in [2.45, 2.75) is 45.2 Å². The number of aryl methyl sites for hydroxylation is 2. The number of nitrogens with zero attached hydrogens (tertiary/aromatic N) is 5. The molecule has 0 aromatic carbocycles. The number of hydrogen-bond donors (Lipinski definition) is 0. The molecule has 1 saturated heterocycles. The highest BCUT2D eigenvalue weighted by atomic mass is 16.2. The van der Waals surface area contributed by atoms with Gasteiger partial charge in [-0.05, 0) is 38.8 Å². The van der Waals surface area contributed by atoms with Crippen LogP contribution in [0.1, 0.15) is 51.9 Å². The average Bonchev–Trinajstić information content (AvgIpc) is 3.13. The normalized spacial score (nSPS) is 21.6. The first kappa shape index (κ1) is 14.6. The van der Waals surface area contributed by atoms with Crippen LogP contribution in [0.25, 0.3) is 5.65 Å². The molecule has 126 valence electrons. The van der Waals surface area contributed by atoms with E-state index in [4.69, 9.17) is 0 Å². The summed E-state index contributed by atoms with van der Waals surface area (Å²) < 4.78 is 1.97. The van der Waals surface area contributed by atoms with Gasteiger partial charge >= 0.3 is 0 Å². The fourth-order valence-corrected chi connectivity index (χ4v) is 4.36. The number of carbonyl (C=O) groups excluding carboxylic acids is 1. The van der Waals surface area contributed by atoms with Gasteiger partial charge in [0.1, 0.15) is 0 Å². The Bertz CT molecular complexity index is 1010. The molecule has 0 unspecified atom stereocenters. The van der Waals surface area contributed by atoms with Crippen LogP contribution in [0, 0.1) is 13.8 Å². The Kier molecular flexibility index (Phi) is 2.98. The third kappa shape index (κ3) is 2.03. The topological polar surface area (TPSA) is 63.4 Å². The molecule has 25 heavy (non-hydrogen) atoms. The molecule has 0 N–H and O–H groups in total. The van der Waals surface area contributed by atoms with Gasteiger partial charge in [-0.2, -0.15) is 5.10 Å². The molecule has 1 fully saturated rings. The minimum Gasteiger partial charge on any atom is -0.328 e. The van der Waals surface area contributed by atoms with Crippen molar-refractivity contribution in [1.82, 2.24) is 24.5 Å². The van der Waals surface area contributed by atoms with Gasteiger partial charge < -0.3 is 4.90 Å². The number of amides is 1. The molecule has 5 heterocycles. The number of hydrogen-bond acceptors (Lipinski definition) is 4. The van der Waals surface area contributed by atoms with Crippen LogP contribution in [0.15, 0.2) is 30.6 Å². The molecule has 5 rings (SSSR count). The molecule has 2 bridgehead atoms. The van der Waals surface area contributed by atoms with E-state index in [-0.39, 0.29) is 18.0 Å². The molecule has 3 aromatic heterocycles. The molecule has 6 nitrogen and oxygen atoms in total. The minimum absolute atomic E-state index is 0.0838. The molecule has 0 radical (unpaired) electrons. The van der Waals surface area contributed by atoms with Gasteiger partial charge in [0.05, 0.1) is 23.0 Å². The molecule has 1 amide bonds. The maximum absolute atomic E-state index is 13.2. The van der Waals surface area contributed by atoms with Gasteiger partial charge in [-0.15, -0.1) is 0 Å². The maximum Gasteiger partial charge on any atom is 0.256 e. The first-order valence-electron chi connectivity index (χ1n) is 8.72. The van der Waals surface area contributed by atoms with Gasteiger partial charge in [-0.25, -0.2) is 9.50 Å². The van der Waals surface area contributed by atoms with Crippen LogP contribution in [-0.4, -0.2) is 36.4 Å². The van der Waals surface area contributed by atoms with Crippen LogP contribution in [0.4, 0.5) is 0 Å². The molecule has 0 spiro atoms. The van der Waals surface area contributed by atoms with Crippen LogP contribution in [0.5, 0.6) is 0 Å². The zero-order valence-electron chi connectivity index (χ0n) is 14.3. The van der Waals surface area contributed by atoms with Crippen molar-refractivity contribution in [3.63, 3.8) is 0 Å². The van der Waals surface area contributed by atoms with E-state index in [9.17, 15) is 4.79 Å². The fraction of sp³-hybridized carbons (Fsp3) is 0.368. The number of rotatable bonds is 1. The van der Waals surface area contributed by atoms with Crippen LogP contribution in [0.3, 0.4) is 0 Å². The Morgan fingerprint density at radius 1 is 1.24 bits per heavy atom. The summed E-state index contributed by atoms with van der Waals surface area (Å²) in [5, 5.41) is 4.61. The predicted molar refractivity (Wildman–Crippen MR) is 92.3 cm³/mol. The largest absolute Gasteiger partial charge is 0.328 e. The zero-order chi connectivity index (χ0) is 17.1. The summed E-state index contributed by atoms with van der Waals surface area (Å²) in [6.45, 7) is 3.88. The first-order valence-corrected chi connectivity index (χ1v) is 8.72. The summed E-state index contributed by atoms with van der Waals surface area (Å²) in [7, 11) is 0. The highest BCUT2D eigenvalue weighted by Crippen LogP contribution is 2.44. The fourth-order valence-electron chi connectivity index (χ4n) is 4.36. The molecule has 6 heteroatoms. The van der Waals surface area contributed by atoms with Crippen molar-refractivity contribution in [2.24, 2.45) is 0 Å². The standard InChI is InChI=1S/C19H19N5O/c1-11-8-18-21-10-15-16-6-5-13(9-17(15)24(18)22-11)23(16)19(25)14-4-3-7-20-12(14)2/h3-4,7-8,10,13,16H,5-6,9H2,1-2H3/t13-,16+/m0/s1. The van der Waals surface area contributed by atoms with Crippen molar-refractivity contribution in [2.75, 3.05) is 0 Å². The summed E-state index contributed by atoms with van der Waals surface area (Å²) in [5.74, 6) is 0.0838. The van der Waals surface area contributed by atoms with Gasteiger partial charge in [0, 0.05) is 42.2 Å². The van der Waals surface area contributed by atoms with Crippen molar-refractivity contribution < 1.29 is 4.79 Å². The van der Waals surface area contributed by atoms with Gasteiger partial charge in [-0.3, -0.25) is 9.78 Å². The van der Waals surface area contributed by atoms with Gasteiger partial charge in [-0.1, -0.05) is 0 Å². The Balaban J connectivity index is 1.61. The van der Waals surface area contributed by atoms with Crippen LogP contribution in [-0.2, 0) is 6.42 Å². The van der Waals surface area contributed by atoms with Crippen molar-refractivity contribution in [1.29, 1.82) is 0 Å². The van der Waals surface area contributed by atoms with E-state index >= 15 is 0 Å². The number of carbonyl (C=O) groups is 1. The average molecular weight is 333 g/mol.